The van der Waals surface area contributed by atoms with Crippen LogP contribution in [-0.2, 0) is 14.1 Å². The van der Waals surface area contributed by atoms with Crippen molar-refractivity contribution in [1.29, 1.82) is 0 Å². The lowest BCUT2D eigenvalue weighted by Gasteiger charge is -2.30. The van der Waals surface area contributed by atoms with Gasteiger partial charge in [0, 0.05) is 33.2 Å². The molecule has 1 aliphatic rings. The van der Waals surface area contributed by atoms with Gasteiger partial charge in [0.1, 0.15) is 11.3 Å². The topological polar surface area (TPSA) is 103 Å². The van der Waals surface area contributed by atoms with Gasteiger partial charge in [-0.05, 0) is 25.0 Å². The predicted molar refractivity (Wildman–Crippen MR) is 85.3 cm³/mol. The number of piperidine rings is 1. The summed E-state index contributed by atoms with van der Waals surface area (Å²) in [7, 11) is 2.94. The molecule has 0 bridgehead atoms. The van der Waals surface area contributed by atoms with Crippen LogP contribution in [0.2, 0.25) is 0 Å². The van der Waals surface area contributed by atoms with Crippen LogP contribution in [0.4, 0.5) is 0 Å². The smallest absolute Gasteiger partial charge is 0.332 e. The monoisotopic (exact) mass is 317 g/mol. The number of hydrogen-bond acceptors (Lipinski definition) is 5. The summed E-state index contributed by atoms with van der Waals surface area (Å²) in [6.07, 6.45) is 1.76. The number of aryl methyl sites for hydroxylation is 1. The normalized spacial score (nSPS) is 18.4. The second-order valence-electron chi connectivity index (χ2n) is 5.93. The van der Waals surface area contributed by atoms with Crippen LogP contribution in [0.25, 0.3) is 11.0 Å². The van der Waals surface area contributed by atoms with Gasteiger partial charge in [-0.3, -0.25) is 18.7 Å². The molecule has 8 nitrogen and oxygen atoms in total. The third-order valence-corrected chi connectivity index (χ3v) is 4.27. The summed E-state index contributed by atoms with van der Waals surface area (Å²) in [6, 6.07) is 3.04. The van der Waals surface area contributed by atoms with Gasteiger partial charge in [0.15, 0.2) is 0 Å². The van der Waals surface area contributed by atoms with Crippen LogP contribution in [0.5, 0.6) is 0 Å². The van der Waals surface area contributed by atoms with E-state index in [0.29, 0.717) is 18.5 Å². The van der Waals surface area contributed by atoms with E-state index in [1.54, 1.807) is 11.0 Å². The van der Waals surface area contributed by atoms with E-state index >= 15 is 0 Å². The van der Waals surface area contributed by atoms with Gasteiger partial charge >= 0.3 is 5.69 Å². The number of fused-ring (bicyclic) bond motifs is 1. The van der Waals surface area contributed by atoms with Gasteiger partial charge < -0.3 is 10.6 Å². The molecule has 122 valence electrons. The van der Waals surface area contributed by atoms with Crippen LogP contribution in [0, 0.1) is 0 Å². The summed E-state index contributed by atoms with van der Waals surface area (Å²) in [4.78, 5) is 42.6. The largest absolute Gasteiger partial charge is 0.336 e. The summed E-state index contributed by atoms with van der Waals surface area (Å²) in [5.41, 5.74) is 5.44. The molecule has 0 radical (unpaired) electrons. The fourth-order valence-electron chi connectivity index (χ4n) is 2.93. The van der Waals surface area contributed by atoms with E-state index in [2.05, 4.69) is 4.98 Å². The Bertz CT molecular complexity index is 898. The molecule has 3 heterocycles. The van der Waals surface area contributed by atoms with Crippen LogP contribution in [0.15, 0.2) is 21.7 Å². The lowest BCUT2D eigenvalue weighted by Crippen LogP contribution is -2.46. The molecule has 0 aliphatic carbocycles. The minimum absolute atomic E-state index is 0.0233. The first kappa shape index (κ1) is 15.4. The first-order chi connectivity index (χ1) is 10.9. The summed E-state index contributed by atoms with van der Waals surface area (Å²) in [5, 5.41) is 0.307. The van der Waals surface area contributed by atoms with Gasteiger partial charge in [-0.25, -0.2) is 9.78 Å². The minimum Gasteiger partial charge on any atom is -0.336 e. The SMILES string of the molecule is Cn1c(=O)c2ccc(C(=O)N3CCCC(N)C3)nc2n(C)c1=O. The van der Waals surface area contributed by atoms with Crippen molar-refractivity contribution in [3.8, 4) is 0 Å². The van der Waals surface area contributed by atoms with Crippen molar-refractivity contribution >= 4 is 16.9 Å². The molecule has 2 aromatic heterocycles. The van der Waals surface area contributed by atoms with Gasteiger partial charge in [0.25, 0.3) is 11.5 Å². The summed E-state index contributed by atoms with van der Waals surface area (Å²) in [6.45, 7) is 1.13. The molecule has 1 amide bonds. The highest BCUT2D eigenvalue weighted by Gasteiger charge is 2.24. The van der Waals surface area contributed by atoms with E-state index < -0.39 is 11.2 Å². The molecule has 3 rings (SSSR count). The molecule has 8 heteroatoms. The van der Waals surface area contributed by atoms with Crippen molar-refractivity contribution in [2.45, 2.75) is 18.9 Å². The molecule has 1 fully saturated rings. The number of nitrogens with two attached hydrogens (primary N) is 1. The van der Waals surface area contributed by atoms with Crippen LogP contribution < -0.4 is 17.0 Å². The average Bonchev–Trinajstić information content (AvgIpc) is 2.57. The summed E-state index contributed by atoms with van der Waals surface area (Å²) >= 11 is 0. The summed E-state index contributed by atoms with van der Waals surface area (Å²) in [5.74, 6) is -0.227. The number of hydrogen-bond donors (Lipinski definition) is 1. The Labute approximate surface area is 132 Å². The summed E-state index contributed by atoms with van der Waals surface area (Å²) < 4.78 is 2.30. The molecule has 1 aliphatic heterocycles. The number of carbonyl (C=O) groups excluding carboxylic acids is 1. The lowest BCUT2D eigenvalue weighted by molar-refractivity contribution is 0.0703. The molecule has 2 aromatic rings. The molecule has 2 N–H and O–H groups in total. The van der Waals surface area contributed by atoms with Crippen molar-refractivity contribution in [2.75, 3.05) is 13.1 Å². The van der Waals surface area contributed by atoms with E-state index in [1.165, 1.54) is 24.7 Å². The molecule has 23 heavy (non-hydrogen) atoms. The van der Waals surface area contributed by atoms with E-state index in [9.17, 15) is 14.4 Å². The van der Waals surface area contributed by atoms with Gasteiger partial charge in [0.2, 0.25) is 0 Å². The van der Waals surface area contributed by atoms with Crippen LogP contribution in [0.1, 0.15) is 23.3 Å². The lowest BCUT2D eigenvalue weighted by atomic mass is 10.1. The van der Waals surface area contributed by atoms with Crippen molar-refractivity contribution < 1.29 is 4.79 Å². The molecular formula is C15H19N5O3. The number of aromatic nitrogens is 3. The number of amides is 1. The Morgan fingerprint density at radius 2 is 2.00 bits per heavy atom. The van der Waals surface area contributed by atoms with Crippen molar-refractivity contribution in [3.63, 3.8) is 0 Å². The zero-order valence-electron chi connectivity index (χ0n) is 13.2. The maximum atomic E-state index is 12.6. The zero-order valence-corrected chi connectivity index (χ0v) is 13.2. The second kappa shape index (κ2) is 5.62. The van der Waals surface area contributed by atoms with Crippen molar-refractivity contribution in [2.24, 2.45) is 19.8 Å². The molecule has 1 unspecified atom stereocenters. The highest BCUT2D eigenvalue weighted by Crippen LogP contribution is 2.13. The highest BCUT2D eigenvalue weighted by atomic mass is 16.2. The van der Waals surface area contributed by atoms with Gasteiger partial charge in [-0.1, -0.05) is 0 Å². The van der Waals surface area contributed by atoms with Gasteiger partial charge in [-0.15, -0.1) is 0 Å². The highest BCUT2D eigenvalue weighted by molar-refractivity contribution is 5.94. The first-order valence-electron chi connectivity index (χ1n) is 7.52. The molecule has 1 saturated heterocycles. The second-order valence-corrected chi connectivity index (χ2v) is 5.93. The van der Waals surface area contributed by atoms with Crippen molar-refractivity contribution in [3.05, 3.63) is 38.7 Å². The Morgan fingerprint density at radius 3 is 2.70 bits per heavy atom. The first-order valence-corrected chi connectivity index (χ1v) is 7.52. The number of carbonyl (C=O) groups is 1. The number of likely N-dealkylation sites (tertiary alicyclic amines) is 1. The van der Waals surface area contributed by atoms with Gasteiger partial charge in [0.05, 0.1) is 5.39 Å². The number of rotatable bonds is 1. The standard InChI is InChI=1S/C15H19N5O3/c1-18-12-10(13(21)19(2)15(18)23)5-6-11(17-12)14(22)20-7-3-4-9(16)8-20/h5-6,9H,3-4,7-8,16H2,1-2H3. The quantitative estimate of drug-likeness (QED) is 0.741. The maximum Gasteiger partial charge on any atom is 0.332 e. The molecule has 1 atom stereocenters. The van der Waals surface area contributed by atoms with E-state index in [4.69, 9.17) is 5.73 Å². The molecule has 0 saturated carbocycles. The van der Waals surface area contributed by atoms with Crippen LogP contribution >= 0.6 is 0 Å². The number of nitrogens with zero attached hydrogens (tertiary/aromatic N) is 4. The molecular weight excluding hydrogens is 298 g/mol. The average molecular weight is 317 g/mol. The fraction of sp³-hybridized carbons (Fsp3) is 0.467. The number of pyridine rings is 1. The Balaban J connectivity index is 2.08. The Hall–Kier alpha value is -2.48. The fourth-order valence-corrected chi connectivity index (χ4v) is 2.93. The maximum absolute atomic E-state index is 12.6. The van der Waals surface area contributed by atoms with Crippen LogP contribution in [-0.4, -0.2) is 44.1 Å². The minimum atomic E-state index is -0.473. The van der Waals surface area contributed by atoms with Crippen LogP contribution in [0.3, 0.4) is 0 Å². The molecule has 0 spiro atoms. The third kappa shape index (κ3) is 2.55. The predicted octanol–water partition coefficient (Wildman–Crippen LogP) is -0.804. The van der Waals surface area contributed by atoms with E-state index in [-0.39, 0.29) is 23.3 Å². The zero-order chi connectivity index (χ0) is 16.7. The van der Waals surface area contributed by atoms with E-state index in [0.717, 1.165) is 17.4 Å². The van der Waals surface area contributed by atoms with E-state index in [1.807, 2.05) is 0 Å². The Kier molecular flexibility index (Phi) is 3.77. The van der Waals surface area contributed by atoms with Crippen molar-refractivity contribution in [1.82, 2.24) is 19.0 Å². The third-order valence-electron chi connectivity index (χ3n) is 4.27. The molecule has 0 aromatic carbocycles. The van der Waals surface area contributed by atoms with Gasteiger partial charge in [-0.2, -0.15) is 0 Å². The Morgan fingerprint density at radius 1 is 1.26 bits per heavy atom.